The summed E-state index contributed by atoms with van der Waals surface area (Å²) in [7, 11) is -8.55. The van der Waals surface area contributed by atoms with Crippen molar-refractivity contribution in [2.45, 2.75) is 39.5 Å². The molecule has 0 aromatic heterocycles. The standard InChI is InChI=1S/C27H32N2O6S2.Na/c1-20-8-10-26-22(16-20)18-24(28(26)12-4-14-36(30,31)32)6-3-7-25-19-23-17-21(2)9-11-27(23)29(25)13-5-15-37(33,34)35;/h3,6-11,16-17H,4-5,12-15,18-19H2,1-2H3,(H-,30,31,32,33,34,35);/q;+1/p-1. The van der Waals surface area contributed by atoms with Crippen LogP contribution in [-0.2, 0) is 33.1 Å². The van der Waals surface area contributed by atoms with Gasteiger partial charge in [0.2, 0.25) is 5.69 Å². The van der Waals surface area contributed by atoms with Crippen molar-refractivity contribution in [3.8, 4) is 0 Å². The van der Waals surface area contributed by atoms with Crippen molar-refractivity contribution in [1.82, 2.24) is 0 Å². The second kappa shape index (κ2) is 12.6. The first kappa shape index (κ1) is 30.7. The average molecular weight is 567 g/mol. The molecule has 0 spiro atoms. The van der Waals surface area contributed by atoms with Crippen molar-refractivity contribution in [2.75, 3.05) is 29.5 Å². The molecule has 0 bridgehead atoms. The molecule has 0 aliphatic carbocycles. The molecule has 2 aromatic carbocycles. The van der Waals surface area contributed by atoms with Gasteiger partial charge in [-0.2, -0.15) is 4.58 Å². The minimum Gasteiger partial charge on any atom is -0.748 e. The summed E-state index contributed by atoms with van der Waals surface area (Å²) in [5.74, 6) is -0.811. The van der Waals surface area contributed by atoms with Gasteiger partial charge in [-0.05, 0) is 44.0 Å². The summed E-state index contributed by atoms with van der Waals surface area (Å²) in [5, 5.41) is 0. The number of nitrogens with zero attached hydrogens (tertiary/aromatic N) is 2. The van der Waals surface area contributed by atoms with Crippen molar-refractivity contribution in [3.05, 3.63) is 82.6 Å². The summed E-state index contributed by atoms with van der Waals surface area (Å²) >= 11 is 0. The van der Waals surface area contributed by atoms with Gasteiger partial charge in [0.15, 0.2) is 5.71 Å². The number of aryl methyl sites for hydroxylation is 2. The normalized spacial score (nSPS) is 16.3. The summed E-state index contributed by atoms with van der Waals surface area (Å²) in [6, 6.07) is 12.3. The van der Waals surface area contributed by atoms with Gasteiger partial charge < -0.3 is 14.0 Å². The fourth-order valence-corrected chi connectivity index (χ4v) is 5.99. The number of allylic oxidation sites excluding steroid dienone is 4. The van der Waals surface area contributed by atoms with Gasteiger partial charge in [0.1, 0.15) is 6.54 Å². The zero-order valence-electron chi connectivity index (χ0n) is 22.0. The van der Waals surface area contributed by atoms with Gasteiger partial charge in [-0.15, -0.1) is 0 Å². The summed E-state index contributed by atoms with van der Waals surface area (Å²) < 4.78 is 68.7. The van der Waals surface area contributed by atoms with Crippen LogP contribution in [-0.4, -0.2) is 60.8 Å². The maximum Gasteiger partial charge on any atom is 1.00 e. The molecule has 0 fully saturated rings. The minimum atomic E-state index is -4.27. The number of hydrogen-bond donors (Lipinski definition) is 0. The quantitative estimate of drug-likeness (QED) is 0.231. The Morgan fingerprint density at radius 1 is 0.895 bits per heavy atom. The molecule has 2 aliphatic rings. The molecule has 0 unspecified atom stereocenters. The number of hydrogen-bond acceptors (Lipinski definition) is 7. The fourth-order valence-electron chi connectivity index (χ4n) is 5.02. The van der Waals surface area contributed by atoms with E-state index in [2.05, 4.69) is 21.6 Å². The predicted molar refractivity (Wildman–Crippen MR) is 142 cm³/mol. The predicted octanol–water partition coefficient (Wildman–Crippen LogP) is 0.322. The van der Waals surface area contributed by atoms with E-state index in [1.165, 1.54) is 0 Å². The molecule has 0 saturated carbocycles. The van der Waals surface area contributed by atoms with Crippen LogP contribution in [0.3, 0.4) is 0 Å². The average Bonchev–Trinajstić information content (AvgIpc) is 3.29. The van der Waals surface area contributed by atoms with Gasteiger partial charge in [0, 0.05) is 60.0 Å². The molecule has 2 aromatic rings. The Labute approximate surface area is 247 Å². The second-order valence-corrected chi connectivity index (χ2v) is 12.7. The van der Waals surface area contributed by atoms with E-state index in [1.807, 2.05) is 56.3 Å². The molecule has 8 nitrogen and oxygen atoms in total. The van der Waals surface area contributed by atoms with Crippen LogP contribution in [0.15, 0.2) is 60.3 Å². The largest absolute Gasteiger partial charge is 1.00 e. The van der Waals surface area contributed by atoms with Crippen molar-refractivity contribution < 1.29 is 60.1 Å². The molecule has 0 radical (unpaired) electrons. The van der Waals surface area contributed by atoms with E-state index in [-0.39, 0.29) is 42.4 Å². The number of anilines is 1. The van der Waals surface area contributed by atoms with E-state index in [1.54, 1.807) is 0 Å². The van der Waals surface area contributed by atoms with Gasteiger partial charge in [0.25, 0.3) is 0 Å². The maximum absolute atomic E-state index is 11.1. The molecular formula is C27H31N2NaO6S2. The summed E-state index contributed by atoms with van der Waals surface area (Å²) in [5.41, 5.74) is 8.65. The third-order valence-corrected chi connectivity index (χ3v) is 8.19. The molecule has 4 rings (SSSR count). The first-order valence-corrected chi connectivity index (χ1v) is 15.4. The Morgan fingerprint density at radius 3 is 2.21 bits per heavy atom. The van der Waals surface area contributed by atoms with Crippen LogP contribution in [0.5, 0.6) is 0 Å². The monoisotopic (exact) mass is 566 g/mol. The second-order valence-electron chi connectivity index (χ2n) is 9.66. The van der Waals surface area contributed by atoms with Crippen molar-refractivity contribution in [3.63, 3.8) is 0 Å². The Bertz CT molecular complexity index is 1510. The summed E-state index contributed by atoms with van der Waals surface area (Å²) in [6.07, 6.45) is 7.84. The van der Waals surface area contributed by atoms with E-state index >= 15 is 0 Å². The molecule has 38 heavy (non-hydrogen) atoms. The topological polar surface area (TPSA) is 121 Å². The van der Waals surface area contributed by atoms with Gasteiger partial charge in [-0.3, -0.25) is 0 Å². The smallest absolute Gasteiger partial charge is 0.748 e. The van der Waals surface area contributed by atoms with Crippen LogP contribution in [0.1, 0.15) is 35.1 Å². The summed E-state index contributed by atoms with van der Waals surface area (Å²) in [4.78, 5) is 2.07. The third kappa shape index (κ3) is 8.11. The van der Waals surface area contributed by atoms with Crippen LogP contribution in [0.2, 0.25) is 0 Å². The number of rotatable bonds is 10. The molecule has 0 amide bonds. The van der Waals surface area contributed by atoms with Crippen LogP contribution in [0, 0.1) is 13.8 Å². The van der Waals surface area contributed by atoms with Crippen molar-refractivity contribution in [2.24, 2.45) is 0 Å². The van der Waals surface area contributed by atoms with Crippen LogP contribution in [0.25, 0.3) is 0 Å². The van der Waals surface area contributed by atoms with Gasteiger partial charge in [-0.25, -0.2) is 16.8 Å². The SMILES string of the molecule is Cc1ccc2c(c1)CC(=CC=CC1=[N+](CCCS(=O)(=O)[O-])c3ccc(C)cc3C1)N2CCCS(=O)(=O)[O-].[Na+]. The van der Waals surface area contributed by atoms with Gasteiger partial charge in [0.05, 0.1) is 26.7 Å². The molecule has 2 aliphatic heterocycles. The van der Waals surface area contributed by atoms with E-state index in [0.29, 0.717) is 25.9 Å². The third-order valence-electron chi connectivity index (χ3n) is 6.62. The molecule has 198 valence electrons. The molecule has 0 saturated heterocycles. The Hall–Kier alpha value is -1.79. The zero-order chi connectivity index (χ0) is 26.8. The Morgan fingerprint density at radius 2 is 1.53 bits per heavy atom. The molecule has 0 N–H and O–H groups in total. The molecule has 0 atom stereocenters. The molecule has 11 heteroatoms. The minimum absolute atomic E-state index is 0. The van der Waals surface area contributed by atoms with E-state index in [0.717, 1.165) is 45.0 Å². The van der Waals surface area contributed by atoms with E-state index in [9.17, 15) is 25.9 Å². The van der Waals surface area contributed by atoms with Gasteiger partial charge in [-0.1, -0.05) is 35.4 Å². The fraction of sp³-hybridized carbons (Fsp3) is 0.370. The first-order chi connectivity index (χ1) is 17.4. The number of fused-ring (bicyclic) bond motifs is 2. The van der Waals surface area contributed by atoms with Crippen LogP contribution >= 0.6 is 0 Å². The van der Waals surface area contributed by atoms with Crippen molar-refractivity contribution in [1.29, 1.82) is 0 Å². The van der Waals surface area contributed by atoms with E-state index in [4.69, 9.17) is 0 Å². The molecule has 2 heterocycles. The first-order valence-electron chi connectivity index (χ1n) is 12.2. The van der Waals surface area contributed by atoms with Crippen molar-refractivity contribution >= 4 is 37.3 Å². The van der Waals surface area contributed by atoms with Crippen LogP contribution < -0.4 is 34.5 Å². The molecular weight excluding hydrogens is 535 g/mol. The van der Waals surface area contributed by atoms with Crippen LogP contribution in [0.4, 0.5) is 11.4 Å². The maximum atomic E-state index is 11.1. The van der Waals surface area contributed by atoms with E-state index < -0.39 is 31.7 Å². The van der Waals surface area contributed by atoms with Gasteiger partial charge >= 0.3 is 29.6 Å². The Balaban J connectivity index is 0.00000400. The summed E-state index contributed by atoms with van der Waals surface area (Å²) in [6.45, 7) is 4.90. The Kier molecular flexibility index (Phi) is 10.2. The number of benzene rings is 2. The zero-order valence-corrected chi connectivity index (χ0v) is 25.6.